The molecular formula is C15H18N4O2. The molecule has 2 aromatic rings. The molecule has 0 saturated heterocycles. The highest BCUT2D eigenvalue weighted by molar-refractivity contribution is 5.60. The molecule has 1 aromatic carbocycles. The van der Waals surface area contributed by atoms with E-state index >= 15 is 0 Å². The molecule has 1 aliphatic carbocycles. The highest BCUT2D eigenvalue weighted by atomic mass is 16.6. The number of nitro groups is 1. The van der Waals surface area contributed by atoms with Gasteiger partial charge in [0, 0.05) is 7.05 Å². The summed E-state index contributed by atoms with van der Waals surface area (Å²) in [5.41, 5.74) is 3.06. The van der Waals surface area contributed by atoms with Crippen LogP contribution >= 0.6 is 0 Å². The molecule has 0 unspecified atom stereocenters. The van der Waals surface area contributed by atoms with Gasteiger partial charge in [-0.3, -0.25) is 10.1 Å². The van der Waals surface area contributed by atoms with Gasteiger partial charge in [0.1, 0.15) is 5.69 Å². The van der Waals surface area contributed by atoms with Crippen molar-refractivity contribution >= 4 is 11.5 Å². The van der Waals surface area contributed by atoms with Crippen molar-refractivity contribution in [2.45, 2.75) is 32.2 Å². The van der Waals surface area contributed by atoms with Crippen molar-refractivity contribution in [1.82, 2.24) is 9.78 Å². The van der Waals surface area contributed by atoms with E-state index < -0.39 is 0 Å². The summed E-state index contributed by atoms with van der Waals surface area (Å²) in [7, 11) is 1.73. The summed E-state index contributed by atoms with van der Waals surface area (Å²) < 4.78 is 1.56. The SMILES string of the molecule is Cc1nn(C)c(N[C@@H]2CCCc3ccccc32)c1[N+](=O)[O-]. The smallest absolute Gasteiger partial charge is 0.333 e. The van der Waals surface area contributed by atoms with Gasteiger partial charge < -0.3 is 5.32 Å². The van der Waals surface area contributed by atoms with E-state index in [1.54, 1.807) is 18.7 Å². The molecule has 1 heterocycles. The summed E-state index contributed by atoms with van der Waals surface area (Å²) in [4.78, 5) is 10.9. The van der Waals surface area contributed by atoms with Gasteiger partial charge in [-0.2, -0.15) is 5.10 Å². The molecule has 0 fully saturated rings. The molecule has 6 heteroatoms. The van der Waals surface area contributed by atoms with Crippen molar-refractivity contribution in [3.05, 3.63) is 51.2 Å². The molecule has 0 radical (unpaired) electrons. The van der Waals surface area contributed by atoms with E-state index in [1.165, 1.54) is 11.1 Å². The maximum atomic E-state index is 11.3. The molecule has 1 aliphatic rings. The van der Waals surface area contributed by atoms with Crippen molar-refractivity contribution in [1.29, 1.82) is 0 Å². The number of anilines is 1. The Hall–Kier alpha value is -2.37. The minimum Gasteiger partial charge on any atom is -0.358 e. The van der Waals surface area contributed by atoms with Crippen LogP contribution in [0.5, 0.6) is 0 Å². The number of hydrogen-bond donors (Lipinski definition) is 1. The second kappa shape index (κ2) is 5.20. The van der Waals surface area contributed by atoms with Gasteiger partial charge in [-0.25, -0.2) is 4.68 Å². The third kappa shape index (κ3) is 2.37. The molecule has 0 bridgehead atoms. The molecular weight excluding hydrogens is 268 g/mol. The lowest BCUT2D eigenvalue weighted by molar-refractivity contribution is -0.384. The normalized spacial score (nSPS) is 17.3. The number of nitrogens with zero attached hydrogens (tertiary/aromatic N) is 3. The number of aromatic nitrogens is 2. The first kappa shape index (κ1) is 13.6. The lowest BCUT2D eigenvalue weighted by Crippen LogP contribution is -2.19. The quantitative estimate of drug-likeness (QED) is 0.695. The van der Waals surface area contributed by atoms with E-state index in [4.69, 9.17) is 0 Å². The topological polar surface area (TPSA) is 73.0 Å². The Morgan fingerprint density at radius 2 is 2.19 bits per heavy atom. The number of hydrogen-bond acceptors (Lipinski definition) is 4. The van der Waals surface area contributed by atoms with Crippen molar-refractivity contribution < 1.29 is 4.92 Å². The third-order valence-electron chi connectivity index (χ3n) is 4.05. The minimum absolute atomic E-state index is 0.0700. The first-order valence-corrected chi connectivity index (χ1v) is 7.10. The van der Waals surface area contributed by atoms with Gasteiger partial charge in [0.15, 0.2) is 0 Å². The van der Waals surface area contributed by atoms with Crippen LogP contribution in [0.2, 0.25) is 0 Å². The molecule has 0 aliphatic heterocycles. The van der Waals surface area contributed by atoms with E-state index in [0.717, 1.165) is 19.3 Å². The molecule has 6 nitrogen and oxygen atoms in total. The van der Waals surface area contributed by atoms with E-state index in [2.05, 4.69) is 22.5 Å². The fourth-order valence-corrected chi connectivity index (χ4v) is 3.10. The number of rotatable bonds is 3. The predicted molar refractivity (Wildman–Crippen MR) is 80.3 cm³/mol. The van der Waals surface area contributed by atoms with Crippen molar-refractivity contribution in [3.8, 4) is 0 Å². The Kier molecular flexibility index (Phi) is 3.37. The van der Waals surface area contributed by atoms with Crippen molar-refractivity contribution in [2.75, 3.05) is 5.32 Å². The molecule has 3 rings (SSSR count). The Morgan fingerprint density at radius 3 is 2.95 bits per heavy atom. The molecule has 1 N–H and O–H groups in total. The minimum atomic E-state index is -0.362. The molecule has 0 saturated carbocycles. The van der Waals surface area contributed by atoms with Crippen LogP contribution in [-0.4, -0.2) is 14.7 Å². The van der Waals surface area contributed by atoms with Crippen molar-refractivity contribution in [3.63, 3.8) is 0 Å². The monoisotopic (exact) mass is 286 g/mol. The number of nitrogens with one attached hydrogen (secondary N) is 1. The van der Waals surface area contributed by atoms with E-state index in [0.29, 0.717) is 11.5 Å². The van der Waals surface area contributed by atoms with E-state index in [1.807, 2.05) is 12.1 Å². The first-order chi connectivity index (χ1) is 10.1. The Labute approximate surface area is 122 Å². The van der Waals surface area contributed by atoms with Gasteiger partial charge in [0.2, 0.25) is 5.82 Å². The van der Waals surface area contributed by atoms with Gasteiger partial charge in [0.05, 0.1) is 11.0 Å². The summed E-state index contributed by atoms with van der Waals surface area (Å²) in [5.74, 6) is 0.485. The van der Waals surface area contributed by atoms with Gasteiger partial charge in [-0.15, -0.1) is 0 Å². The average molecular weight is 286 g/mol. The number of aryl methyl sites for hydroxylation is 3. The van der Waals surface area contributed by atoms with Gasteiger partial charge >= 0.3 is 5.69 Å². The fraction of sp³-hybridized carbons (Fsp3) is 0.400. The van der Waals surface area contributed by atoms with Crippen LogP contribution in [0.3, 0.4) is 0 Å². The van der Waals surface area contributed by atoms with Crippen LogP contribution in [0.4, 0.5) is 11.5 Å². The highest BCUT2D eigenvalue weighted by Crippen LogP contribution is 2.36. The van der Waals surface area contributed by atoms with Crippen LogP contribution in [-0.2, 0) is 13.5 Å². The third-order valence-corrected chi connectivity index (χ3v) is 4.05. The molecule has 1 atom stereocenters. The zero-order valence-corrected chi connectivity index (χ0v) is 12.2. The molecule has 110 valence electrons. The average Bonchev–Trinajstić information content (AvgIpc) is 2.73. The lowest BCUT2D eigenvalue weighted by atomic mass is 9.88. The second-order valence-corrected chi connectivity index (χ2v) is 5.45. The second-order valence-electron chi connectivity index (χ2n) is 5.45. The number of benzene rings is 1. The van der Waals surface area contributed by atoms with Crippen LogP contribution in [0.25, 0.3) is 0 Å². The summed E-state index contributed by atoms with van der Waals surface area (Å²) in [6.45, 7) is 1.66. The standard InChI is InChI=1S/C15H18N4O2/c1-10-14(19(20)21)15(18(2)17-10)16-13-9-5-7-11-6-3-4-8-12(11)13/h3-4,6,8,13,16H,5,7,9H2,1-2H3/t13-/m1/s1. The van der Waals surface area contributed by atoms with Gasteiger partial charge in [-0.1, -0.05) is 24.3 Å². The van der Waals surface area contributed by atoms with Crippen LogP contribution in [0, 0.1) is 17.0 Å². The van der Waals surface area contributed by atoms with E-state index in [9.17, 15) is 10.1 Å². The van der Waals surface area contributed by atoms with Crippen LogP contribution < -0.4 is 5.32 Å². The summed E-state index contributed by atoms with van der Waals surface area (Å²) >= 11 is 0. The molecule has 0 spiro atoms. The van der Waals surface area contributed by atoms with Crippen LogP contribution in [0.15, 0.2) is 24.3 Å². The lowest BCUT2D eigenvalue weighted by Gasteiger charge is -2.26. The predicted octanol–water partition coefficient (Wildman–Crippen LogP) is 3.13. The molecule has 0 amide bonds. The molecule has 1 aromatic heterocycles. The zero-order chi connectivity index (χ0) is 15.0. The number of fused-ring (bicyclic) bond motifs is 1. The molecule has 21 heavy (non-hydrogen) atoms. The summed E-state index contributed by atoms with van der Waals surface area (Å²) in [6.07, 6.45) is 3.12. The summed E-state index contributed by atoms with van der Waals surface area (Å²) in [5, 5.41) is 18.8. The first-order valence-electron chi connectivity index (χ1n) is 7.10. The van der Waals surface area contributed by atoms with Gasteiger partial charge in [0.25, 0.3) is 0 Å². The largest absolute Gasteiger partial charge is 0.358 e. The van der Waals surface area contributed by atoms with Crippen molar-refractivity contribution in [2.24, 2.45) is 7.05 Å². The Morgan fingerprint density at radius 1 is 1.43 bits per heavy atom. The Balaban J connectivity index is 1.97. The highest BCUT2D eigenvalue weighted by Gasteiger charge is 2.28. The fourth-order valence-electron chi connectivity index (χ4n) is 3.10. The van der Waals surface area contributed by atoms with Gasteiger partial charge in [-0.05, 0) is 37.3 Å². The van der Waals surface area contributed by atoms with E-state index in [-0.39, 0.29) is 16.7 Å². The maximum absolute atomic E-state index is 11.3. The maximum Gasteiger partial charge on any atom is 0.333 e. The summed E-state index contributed by atoms with van der Waals surface area (Å²) in [6, 6.07) is 8.39. The Bertz CT molecular complexity index is 693. The van der Waals surface area contributed by atoms with Crippen LogP contribution in [0.1, 0.15) is 35.7 Å². The zero-order valence-electron chi connectivity index (χ0n) is 12.2.